The van der Waals surface area contributed by atoms with Gasteiger partial charge in [0.25, 0.3) is 5.91 Å². The molecule has 27 heavy (non-hydrogen) atoms. The van der Waals surface area contributed by atoms with Gasteiger partial charge in [-0.3, -0.25) is 14.9 Å². The first-order valence-corrected chi connectivity index (χ1v) is 10.3. The minimum absolute atomic E-state index is 0.0674. The van der Waals surface area contributed by atoms with E-state index in [-0.39, 0.29) is 17.9 Å². The van der Waals surface area contributed by atoms with E-state index >= 15 is 0 Å². The van der Waals surface area contributed by atoms with E-state index in [2.05, 4.69) is 5.32 Å². The van der Waals surface area contributed by atoms with Gasteiger partial charge in [-0.1, -0.05) is 0 Å². The number of hydrogen-bond acceptors (Lipinski definition) is 7. The van der Waals surface area contributed by atoms with Gasteiger partial charge in [-0.05, 0) is 18.6 Å². The van der Waals surface area contributed by atoms with Crippen LogP contribution in [0.25, 0.3) is 0 Å². The number of halogens is 3. The van der Waals surface area contributed by atoms with E-state index in [4.69, 9.17) is 4.74 Å². The smallest absolute Gasteiger partial charge is 0.475 e. The van der Waals surface area contributed by atoms with Crippen molar-refractivity contribution in [2.24, 2.45) is 0 Å². The molecule has 150 valence electrons. The molecule has 1 aromatic carbocycles. The maximum Gasteiger partial charge on any atom is 0.475 e. The molecule has 0 spiro atoms. The Morgan fingerprint density at radius 1 is 1.41 bits per heavy atom. The Balaban J connectivity index is 2.06. The predicted octanol–water partition coefficient (Wildman–Crippen LogP) is 0.904. The highest BCUT2D eigenvalue weighted by Gasteiger charge is 2.39. The number of ether oxygens (including phenoxy) is 1. The third kappa shape index (κ3) is 5.63. The zero-order valence-corrected chi connectivity index (χ0v) is 15.0. The quantitative estimate of drug-likeness (QED) is 0.524. The largest absolute Gasteiger partial charge is 0.477 e. The van der Waals surface area contributed by atoms with Gasteiger partial charge in [0.2, 0.25) is 0 Å². The highest BCUT2D eigenvalue weighted by molar-refractivity contribution is 7.91. The van der Waals surface area contributed by atoms with Crippen LogP contribution in [0.2, 0.25) is 0 Å². The maximum atomic E-state index is 12.5. The normalized spacial score (nSPS) is 20.0. The number of nitro groups is 1. The van der Waals surface area contributed by atoms with Gasteiger partial charge in [0, 0.05) is 12.1 Å². The second-order valence-corrected chi connectivity index (χ2v) is 9.26. The number of benzene rings is 1. The zero-order valence-electron chi connectivity index (χ0n) is 13.4. The lowest BCUT2D eigenvalue weighted by atomic mass is 10.2. The minimum Gasteiger partial charge on any atom is -0.477 e. The molecule has 1 aromatic rings. The molecule has 9 nitrogen and oxygen atoms in total. The third-order valence-electron chi connectivity index (χ3n) is 3.51. The number of hydrogen-bond donors (Lipinski definition) is 1. The molecule has 14 heteroatoms. The van der Waals surface area contributed by atoms with Gasteiger partial charge in [-0.25, -0.2) is 12.6 Å². The van der Waals surface area contributed by atoms with Crippen LogP contribution in [0.15, 0.2) is 23.1 Å². The van der Waals surface area contributed by atoms with Crippen molar-refractivity contribution >= 4 is 32.2 Å². The fourth-order valence-corrected chi connectivity index (χ4v) is 4.68. The highest BCUT2D eigenvalue weighted by atomic mass is 32.2. The first kappa shape index (κ1) is 21.1. The molecular formula is C13H13F3N2O7S2. The molecule has 1 aliphatic heterocycles. The average molecular weight is 430 g/mol. The summed E-state index contributed by atoms with van der Waals surface area (Å²) in [4.78, 5) is 20.9. The van der Waals surface area contributed by atoms with E-state index in [0.717, 1.165) is 12.1 Å². The summed E-state index contributed by atoms with van der Waals surface area (Å²) < 4.78 is 76.3. The van der Waals surface area contributed by atoms with Crippen molar-refractivity contribution in [2.75, 3.05) is 18.1 Å². The number of sulfone groups is 1. The Labute approximate surface area is 153 Å². The topological polar surface area (TPSA) is 133 Å². The van der Waals surface area contributed by atoms with Crippen molar-refractivity contribution in [3.05, 3.63) is 28.3 Å². The molecule has 1 saturated heterocycles. The van der Waals surface area contributed by atoms with Crippen molar-refractivity contribution in [1.29, 1.82) is 0 Å². The van der Waals surface area contributed by atoms with E-state index in [1.54, 1.807) is 0 Å². The van der Waals surface area contributed by atoms with Crippen LogP contribution in [0, 0.1) is 10.1 Å². The number of alkyl halides is 3. The first-order chi connectivity index (χ1) is 12.4. The molecule has 1 amide bonds. The second-order valence-electron chi connectivity index (χ2n) is 5.56. The van der Waals surface area contributed by atoms with E-state index in [0.29, 0.717) is 6.07 Å². The molecule has 2 rings (SSSR count). The number of nitro benzene ring substituents is 1. The van der Waals surface area contributed by atoms with Gasteiger partial charge in [0.15, 0.2) is 33.0 Å². The summed E-state index contributed by atoms with van der Waals surface area (Å²) in [7, 11) is -6.67. The summed E-state index contributed by atoms with van der Waals surface area (Å²) in [5, 5.41) is 13.4. The molecular weight excluding hydrogens is 417 g/mol. The van der Waals surface area contributed by atoms with Gasteiger partial charge in [0.1, 0.15) is 0 Å². The van der Waals surface area contributed by atoms with Crippen LogP contribution in [-0.4, -0.2) is 53.1 Å². The Hall–Kier alpha value is -2.22. The van der Waals surface area contributed by atoms with E-state index < -0.39 is 66.0 Å². The zero-order chi connectivity index (χ0) is 20.4. The van der Waals surface area contributed by atoms with Crippen molar-refractivity contribution in [3.63, 3.8) is 0 Å². The molecule has 2 atom stereocenters. The van der Waals surface area contributed by atoms with Crippen LogP contribution in [0.3, 0.4) is 0 Å². The summed E-state index contributed by atoms with van der Waals surface area (Å²) in [6.45, 7) is -0.709. The predicted molar refractivity (Wildman–Crippen MR) is 86.3 cm³/mol. The molecule has 1 fully saturated rings. The first-order valence-electron chi connectivity index (χ1n) is 7.28. The lowest BCUT2D eigenvalue weighted by Gasteiger charge is -2.12. The fourth-order valence-electron chi connectivity index (χ4n) is 2.33. The van der Waals surface area contributed by atoms with Crippen LogP contribution in [0.5, 0.6) is 5.75 Å². The lowest BCUT2D eigenvalue weighted by Crippen LogP contribution is -2.38. The number of nitrogens with zero attached hydrogens (tertiary/aromatic N) is 1. The number of carbonyl (C=O) groups is 1. The lowest BCUT2D eigenvalue weighted by molar-refractivity contribution is -0.386. The Morgan fingerprint density at radius 3 is 2.59 bits per heavy atom. The molecule has 0 unspecified atom stereocenters. The van der Waals surface area contributed by atoms with Crippen LogP contribution in [0.1, 0.15) is 6.42 Å². The van der Waals surface area contributed by atoms with Crippen LogP contribution in [-0.2, 0) is 25.4 Å². The van der Waals surface area contributed by atoms with Gasteiger partial charge >= 0.3 is 11.2 Å². The summed E-state index contributed by atoms with van der Waals surface area (Å²) >= 11 is 0. The number of amides is 1. The Morgan fingerprint density at radius 2 is 2.07 bits per heavy atom. The molecule has 1 heterocycles. The molecule has 0 aliphatic carbocycles. The standard InChI is InChI=1S/C13H13F3N2O7S2/c14-13(15,16)26(22)9-1-2-11(10(5-9)18(20)21)25-6-12(19)17-8-3-4-27(23,24)7-8/h1-2,5,8H,3-4,6-7H2,(H,17,19)/t8-,26-/m1/s1. The molecule has 0 aromatic heterocycles. The van der Waals surface area contributed by atoms with Gasteiger partial charge < -0.3 is 10.1 Å². The Bertz CT molecular complexity index is 886. The van der Waals surface area contributed by atoms with Gasteiger partial charge in [-0.2, -0.15) is 13.2 Å². The average Bonchev–Trinajstić information content (AvgIpc) is 2.89. The van der Waals surface area contributed by atoms with Gasteiger partial charge in [-0.15, -0.1) is 0 Å². The SMILES string of the molecule is O=C(COc1ccc([S@@](=O)C(F)(F)F)cc1[N+](=O)[O-])N[C@@H]1CCS(=O)(=O)C1. The molecule has 0 radical (unpaired) electrons. The van der Waals surface area contributed by atoms with Gasteiger partial charge in [0.05, 0.1) is 21.3 Å². The van der Waals surface area contributed by atoms with Crippen LogP contribution < -0.4 is 10.1 Å². The number of rotatable bonds is 6. The van der Waals surface area contributed by atoms with Crippen molar-refractivity contribution < 1.29 is 40.3 Å². The summed E-state index contributed by atoms with van der Waals surface area (Å²) in [5.74, 6) is -1.52. The number of carbonyl (C=O) groups excluding carboxylic acids is 1. The van der Waals surface area contributed by atoms with Crippen molar-refractivity contribution in [1.82, 2.24) is 5.32 Å². The fraction of sp³-hybridized carbons (Fsp3) is 0.462. The Kier molecular flexibility index (Phi) is 6.09. The molecule has 1 N–H and O–H groups in total. The van der Waals surface area contributed by atoms with E-state index in [1.807, 2.05) is 0 Å². The highest BCUT2D eigenvalue weighted by Crippen LogP contribution is 2.33. The summed E-state index contributed by atoms with van der Waals surface area (Å²) in [5.41, 5.74) is -5.97. The third-order valence-corrected chi connectivity index (χ3v) is 6.38. The van der Waals surface area contributed by atoms with Crippen LogP contribution in [0.4, 0.5) is 18.9 Å². The minimum atomic E-state index is -5.09. The molecule has 1 aliphatic rings. The van der Waals surface area contributed by atoms with E-state index in [9.17, 15) is 40.7 Å². The van der Waals surface area contributed by atoms with E-state index in [1.165, 1.54) is 0 Å². The number of nitrogens with one attached hydrogen (secondary N) is 1. The van der Waals surface area contributed by atoms with Crippen LogP contribution >= 0.6 is 0 Å². The van der Waals surface area contributed by atoms with Crippen molar-refractivity contribution in [2.45, 2.75) is 22.9 Å². The maximum absolute atomic E-state index is 12.5. The summed E-state index contributed by atoms with van der Waals surface area (Å²) in [6, 6.07) is 1.41. The monoisotopic (exact) mass is 430 g/mol. The molecule has 0 bridgehead atoms. The molecule has 0 saturated carbocycles. The summed E-state index contributed by atoms with van der Waals surface area (Å²) in [6.07, 6.45) is 0.228. The second kappa shape index (κ2) is 7.80. The van der Waals surface area contributed by atoms with Crippen molar-refractivity contribution in [3.8, 4) is 5.75 Å².